The first kappa shape index (κ1) is 22.6. The summed E-state index contributed by atoms with van der Waals surface area (Å²) in [5.41, 5.74) is 2.23. The normalized spacial score (nSPS) is 14.8. The summed E-state index contributed by atoms with van der Waals surface area (Å²) in [4.78, 5) is 37.9. The van der Waals surface area contributed by atoms with E-state index in [1.165, 1.54) is 12.5 Å². The summed E-state index contributed by atoms with van der Waals surface area (Å²) >= 11 is 0. The van der Waals surface area contributed by atoms with Gasteiger partial charge in [0.15, 0.2) is 0 Å². The summed E-state index contributed by atoms with van der Waals surface area (Å²) in [5, 5.41) is 7.95. The van der Waals surface area contributed by atoms with Gasteiger partial charge in [-0.25, -0.2) is 0 Å². The van der Waals surface area contributed by atoms with Crippen molar-refractivity contribution < 1.29 is 18.8 Å². The molecule has 0 radical (unpaired) electrons. The molecule has 31 heavy (non-hydrogen) atoms. The highest BCUT2D eigenvalue weighted by molar-refractivity contribution is 6.39. The Balaban J connectivity index is 1.40. The van der Waals surface area contributed by atoms with Gasteiger partial charge >= 0.3 is 11.8 Å². The zero-order valence-electron chi connectivity index (χ0n) is 18.3. The van der Waals surface area contributed by atoms with Crippen molar-refractivity contribution in [1.82, 2.24) is 10.2 Å². The molecule has 0 bridgehead atoms. The fourth-order valence-electron chi connectivity index (χ4n) is 3.81. The highest BCUT2D eigenvalue weighted by atomic mass is 16.3. The maximum absolute atomic E-state index is 12.2. The van der Waals surface area contributed by atoms with Gasteiger partial charge < -0.3 is 20.4 Å². The summed E-state index contributed by atoms with van der Waals surface area (Å²) in [6.45, 7) is 8.62. The van der Waals surface area contributed by atoms with E-state index in [1.807, 2.05) is 13.8 Å². The molecular formula is C23H30N4O4. The molecule has 3 N–H and O–H groups in total. The van der Waals surface area contributed by atoms with E-state index in [2.05, 4.69) is 26.9 Å². The Morgan fingerprint density at radius 3 is 2.32 bits per heavy atom. The number of aryl methyl sites for hydroxylation is 2. The van der Waals surface area contributed by atoms with Crippen molar-refractivity contribution in [2.45, 2.75) is 40.2 Å². The minimum absolute atomic E-state index is 0.206. The molecule has 166 valence electrons. The smallest absolute Gasteiger partial charge is 0.313 e. The molecule has 0 saturated carbocycles. The molecule has 0 unspecified atom stereocenters. The van der Waals surface area contributed by atoms with Gasteiger partial charge in [-0.3, -0.25) is 19.3 Å². The lowest BCUT2D eigenvalue weighted by Gasteiger charge is -2.31. The number of nitrogens with zero attached hydrogens (tertiary/aromatic N) is 1. The van der Waals surface area contributed by atoms with Crippen molar-refractivity contribution in [2.75, 3.05) is 30.3 Å². The number of hydrogen-bond donors (Lipinski definition) is 3. The van der Waals surface area contributed by atoms with Crippen LogP contribution in [0, 0.1) is 19.8 Å². The lowest BCUT2D eigenvalue weighted by Crippen LogP contribution is -2.41. The Bertz CT molecular complexity index is 945. The molecule has 1 saturated heterocycles. The summed E-state index contributed by atoms with van der Waals surface area (Å²) in [6.07, 6.45) is 1.94. The van der Waals surface area contributed by atoms with Crippen molar-refractivity contribution in [3.63, 3.8) is 0 Å². The lowest BCUT2D eigenvalue weighted by atomic mass is 9.96. The van der Waals surface area contributed by atoms with Crippen LogP contribution in [0.25, 0.3) is 0 Å². The van der Waals surface area contributed by atoms with Gasteiger partial charge in [-0.2, -0.15) is 0 Å². The van der Waals surface area contributed by atoms with Gasteiger partial charge in [0.2, 0.25) is 5.91 Å². The van der Waals surface area contributed by atoms with Crippen LogP contribution >= 0.6 is 0 Å². The molecule has 1 aliphatic rings. The Labute approximate surface area is 182 Å². The average molecular weight is 427 g/mol. The van der Waals surface area contributed by atoms with Crippen LogP contribution in [0.5, 0.6) is 0 Å². The van der Waals surface area contributed by atoms with Crippen LogP contribution in [0.15, 0.2) is 34.7 Å². The third-order valence-electron chi connectivity index (χ3n) is 5.44. The van der Waals surface area contributed by atoms with Crippen LogP contribution in [-0.2, 0) is 20.9 Å². The number of piperidine rings is 1. The number of likely N-dealkylation sites (tertiary alicyclic amines) is 1. The van der Waals surface area contributed by atoms with E-state index in [0.717, 1.165) is 44.0 Å². The fourth-order valence-corrected chi connectivity index (χ4v) is 3.81. The molecule has 8 heteroatoms. The SMILES string of the molecule is CC(=O)Nc1cccc(NC(=O)C(=O)NCC2CCN(Cc3cc(C)oc3C)CC2)c1. The maximum Gasteiger partial charge on any atom is 0.313 e. The Morgan fingerprint density at radius 2 is 1.71 bits per heavy atom. The van der Waals surface area contributed by atoms with Crippen LogP contribution < -0.4 is 16.0 Å². The second kappa shape index (κ2) is 10.3. The highest BCUT2D eigenvalue weighted by Crippen LogP contribution is 2.21. The first-order chi connectivity index (χ1) is 14.8. The molecule has 3 amide bonds. The number of anilines is 2. The van der Waals surface area contributed by atoms with Crippen LogP contribution in [0.4, 0.5) is 11.4 Å². The topological polar surface area (TPSA) is 104 Å². The molecule has 0 spiro atoms. The van der Waals surface area contributed by atoms with Crippen molar-refractivity contribution in [3.8, 4) is 0 Å². The molecule has 2 heterocycles. The van der Waals surface area contributed by atoms with E-state index in [9.17, 15) is 14.4 Å². The zero-order valence-corrected chi connectivity index (χ0v) is 18.3. The third kappa shape index (κ3) is 6.68. The van der Waals surface area contributed by atoms with Gasteiger partial charge in [0.1, 0.15) is 11.5 Å². The van der Waals surface area contributed by atoms with Gasteiger partial charge in [-0.15, -0.1) is 0 Å². The van der Waals surface area contributed by atoms with E-state index in [0.29, 0.717) is 23.8 Å². The van der Waals surface area contributed by atoms with E-state index < -0.39 is 11.8 Å². The largest absolute Gasteiger partial charge is 0.466 e. The van der Waals surface area contributed by atoms with Crippen molar-refractivity contribution in [3.05, 3.63) is 47.4 Å². The zero-order chi connectivity index (χ0) is 22.4. The van der Waals surface area contributed by atoms with Gasteiger partial charge in [-0.1, -0.05) is 6.07 Å². The minimum Gasteiger partial charge on any atom is -0.466 e. The molecule has 0 aliphatic carbocycles. The summed E-state index contributed by atoms with van der Waals surface area (Å²) in [5.74, 6) is 0.677. The minimum atomic E-state index is -0.719. The summed E-state index contributed by atoms with van der Waals surface area (Å²) in [6, 6.07) is 8.75. The van der Waals surface area contributed by atoms with Crippen LogP contribution in [-0.4, -0.2) is 42.3 Å². The Kier molecular flexibility index (Phi) is 7.46. The Hall–Kier alpha value is -3.13. The number of carbonyl (C=O) groups is 3. The molecule has 1 aromatic heterocycles. The predicted octanol–water partition coefficient (Wildman–Crippen LogP) is 2.82. The second-order valence-corrected chi connectivity index (χ2v) is 8.08. The molecular weight excluding hydrogens is 396 g/mol. The van der Waals surface area contributed by atoms with E-state index >= 15 is 0 Å². The molecule has 2 aromatic rings. The van der Waals surface area contributed by atoms with Gasteiger partial charge in [0.25, 0.3) is 0 Å². The molecule has 0 atom stereocenters. The number of amides is 3. The number of nitrogens with one attached hydrogen (secondary N) is 3. The fraction of sp³-hybridized carbons (Fsp3) is 0.435. The molecule has 1 aliphatic heterocycles. The standard InChI is InChI=1S/C23H30N4O4/c1-15-11-19(16(2)31-15)14-27-9-7-18(8-10-27)13-24-22(29)23(30)26-21-6-4-5-20(12-21)25-17(3)28/h4-6,11-12,18H,7-10,13-14H2,1-3H3,(H,24,29)(H,25,28)(H,26,30). The monoisotopic (exact) mass is 426 g/mol. The van der Waals surface area contributed by atoms with Gasteiger partial charge in [0, 0.05) is 37.0 Å². The van der Waals surface area contributed by atoms with Crippen LogP contribution in [0.1, 0.15) is 36.8 Å². The quantitative estimate of drug-likeness (QED) is 0.617. The van der Waals surface area contributed by atoms with Gasteiger partial charge in [-0.05, 0) is 70.0 Å². The maximum atomic E-state index is 12.2. The first-order valence-corrected chi connectivity index (χ1v) is 10.5. The van der Waals surface area contributed by atoms with Crippen LogP contribution in [0.3, 0.4) is 0 Å². The van der Waals surface area contributed by atoms with Crippen LogP contribution in [0.2, 0.25) is 0 Å². The first-order valence-electron chi connectivity index (χ1n) is 10.5. The number of hydrogen-bond acceptors (Lipinski definition) is 5. The van der Waals surface area contributed by atoms with Crippen molar-refractivity contribution in [2.24, 2.45) is 5.92 Å². The summed E-state index contributed by atoms with van der Waals surface area (Å²) in [7, 11) is 0. The Morgan fingerprint density at radius 1 is 1.03 bits per heavy atom. The number of carbonyl (C=O) groups excluding carboxylic acids is 3. The number of benzene rings is 1. The van der Waals surface area contributed by atoms with Crippen molar-refractivity contribution in [1.29, 1.82) is 0 Å². The van der Waals surface area contributed by atoms with E-state index in [4.69, 9.17) is 4.42 Å². The number of furan rings is 1. The molecule has 8 nitrogen and oxygen atoms in total. The molecule has 1 fully saturated rings. The highest BCUT2D eigenvalue weighted by Gasteiger charge is 2.22. The molecule has 3 rings (SSSR count). The second-order valence-electron chi connectivity index (χ2n) is 8.08. The average Bonchev–Trinajstić information content (AvgIpc) is 3.03. The lowest BCUT2D eigenvalue weighted by molar-refractivity contribution is -0.136. The summed E-state index contributed by atoms with van der Waals surface area (Å²) < 4.78 is 5.60. The van der Waals surface area contributed by atoms with E-state index in [-0.39, 0.29) is 5.91 Å². The molecule has 1 aromatic carbocycles. The van der Waals surface area contributed by atoms with Gasteiger partial charge in [0.05, 0.1) is 0 Å². The third-order valence-corrected chi connectivity index (χ3v) is 5.44. The predicted molar refractivity (Wildman–Crippen MR) is 119 cm³/mol. The van der Waals surface area contributed by atoms with Crippen molar-refractivity contribution >= 4 is 29.1 Å². The number of rotatable bonds is 6. The van der Waals surface area contributed by atoms with E-state index in [1.54, 1.807) is 24.3 Å².